The molecule has 0 spiro atoms. The molecule has 0 aliphatic carbocycles. The van der Waals surface area contributed by atoms with Crippen LogP contribution in [0, 0.1) is 17.2 Å². The van der Waals surface area contributed by atoms with E-state index in [4.69, 9.17) is 11.0 Å². The zero-order valence-electron chi connectivity index (χ0n) is 10.6. The van der Waals surface area contributed by atoms with Crippen LogP contribution >= 0.6 is 11.8 Å². The molecule has 2 aromatic rings. The third kappa shape index (κ3) is 2.44. The van der Waals surface area contributed by atoms with Gasteiger partial charge in [-0.2, -0.15) is 17.0 Å². The van der Waals surface area contributed by atoms with Crippen LogP contribution in [0.2, 0.25) is 0 Å². The number of hydrogen-bond donors (Lipinski definition) is 1. The van der Waals surface area contributed by atoms with E-state index >= 15 is 0 Å². The number of benzene rings is 1. The van der Waals surface area contributed by atoms with Gasteiger partial charge in [0.05, 0.1) is 22.7 Å². The molecule has 94 valence electrons. The molecule has 0 amide bonds. The van der Waals surface area contributed by atoms with Gasteiger partial charge in [-0.05, 0) is 36.1 Å². The van der Waals surface area contributed by atoms with Gasteiger partial charge in [-0.15, -0.1) is 0 Å². The van der Waals surface area contributed by atoms with Crippen molar-refractivity contribution in [3.8, 4) is 6.07 Å². The molecule has 1 heterocycles. The molecule has 0 aliphatic heterocycles. The minimum atomic E-state index is 0.519. The van der Waals surface area contributed by atoms with Crippen LogP contribution in [-0.4, -0.2) is 21.6 Å². The summed E-state index contributed by atoms with van der Waals surface area (Å²) < 4.78 is 2.00. The van der Waals surface area contributed by atoms with Crippen LogP contribution in [0.25, 0.3) is 11.0 Å². The molecule has 4 nitrogen and oxygen atoms in total. The third-order valence-corrected chi connectivity index (χ3v) is 3.75. The molecule has 1 aromatic carbocycles. The van der Waals surface area contributed by atoms with Gasteiger partial charge in [0.1, 0.15) is 0 Å². The fraction of sp³-hybridized carbons (Fsp3) is 0.385. The van der Waals surface area contributed by atoms with Crippen molar-refractivity contribution in [1.29, 1.82) is 5.26 Å². The lowest BCUT2D eigenvalue weighted by atomic mass is 10.2. The molecule has 5 heteroatoms. The van der Waals surface area contributed by atoms with Crippen LogP contribution in [0.4, 0.5) is 5.95 Å². The Balaban J connectivity index is 2.42. The molecule has 0 bridgehead atoms. The highest BCUT2D eigenvalue weighted by Gasteiger charge is 2.11. The summed E-state index contributed by atoms with van der Waals surface area (Å²) in [6.07, 6.45) is 2.10. The number of nitrogens with two attached hydrogens (primary N) is 1. The summed E-state index contributed by atoms with van der Waals surface area (Å²) >= 11 is 1.82. The van der Waals surface area contributed by atoms with Crippen molar-refractivity contribution < 1.29 is 0 Å². The van der Waals surface area contributed by atoms with Crippen LogP contribution in [-0.2, 0) is 6.54 Å². The predicted octanol–water partition coefficient (Wildman–Crippen LogP) is 2.49. The summed E-state index contributed by atoms with van der Waals surface area (Å²) in [6, 6.07) is 7.62. The van der Waals surface area contributed by atoms with Crippen molar-refractivity contribution in [2.24, 2.45) is 5.92 Å². The van der Waals surface area contributed by atoms with E-state index in [-0.39, 0.29) is 0 Å². The van der Waals surface area contributed by atoms with Crippen molar-refractivity contribution in [1.82, 2.24) is 9.55 Å². The normalized spacial score (nSPS) is 12.5. The average molecular weight is 260 g/mol. The second-order valence-electron chi connectivity index (χ2n) is 4.46. The van der Waals surface area contributed by atoms with Gasteiger partial charge >= 0.3 is 0 Å². The Morgan fingerprint density at radius 1 is 1.56 bits per heavy atom. The fourth-order valence-electron chi connectivity index (χ4n) is 2.05. The summed E-state index contributed by atoms with van der Waals surface area (Å²) in [7, 11) is 0. The van der Waals surface area contributed by atoms with Crippen molar-refractivity contribution in [3.63, 3.8) is 0 Å². The highest BCUT2D eigenvalue weighted by molar-refractivity contribution is 7.98. The van der Waals surface area contributed by atoms with Gasteiger partial charge in [-0.25, -0.2) is 4.98 Å². The second-order valence-corrected chi connectivity index (χ2v) is 5.37. The number of aromatic nitrogens is 2. The number of nitriles is 1. The smallest absolute Gasteiger partial charge is 0.201 e. The lowest BCUT2D eigenvalue weighted by molar-refractivity contribution is 0.546. The third-order valence-electron chi connectivity index (χ3n) is 2.85. The van der Waals surface area contributed by atoms with Crippen LogP contribution in [0.15, 0.2) is 18.2 Å². The highest BCUT2D eigenvalue weighted by atomic mass is 32.2. The van der Waals surface area contributed by atoms with Crippen LogP contribution in [0.3, 0.4) is 0 Å². The maximum absolute atomic E-state index is 8.95. The van der Waals surface area contributed by atoms with Gasteiger partial charge in [0.2, 0.25) is 5.95 Å². The van der Waals surface area contributed by atoms with Crippen molar-refractivity contribution in [3.05, 3.63) is 23.8 Å². The monoisotopic (exact) mass is 260 g/mol. The average Bonchev–Trinajstić information content (AvgIpc) is 2.65. The maximum atomic E-state index is 8.95. The van der Waals surface area contributed by atoms with E-state index in [2.05, 4.69) is 24.2 Å². The van der Waals surface area contributed by atoms with Crippen molar-refractivity contribution >= 4 is 28.7 Å². The van der Waals surface area contributed by atoms with Crippen molar-refractivity contribution in [2.45, 2.75) is 13.5 Å². The van der Waals surface area contributed by atoms with Gasteiger partial charge in [0.15, 0.2) is 0 Å². The number of nitrogen functional groups attached to an aromatic ring is 1. The Labute approximate surface area is 111 Å². The van der Waals surface area contributed by atoms with E-state index in [1.54, 1.807) is 6.07 Å². The Morgan fingerprint density at radius 2 is 2.33 bits per heavy atom. The number of thioether (sulfide) groups is 1. The quantitative estimate of drug-likeness (QED) is 0.917. The fourth-order valence-corrected chi connectivity index (χ4v) is 2.73. The maximum Gasteiger partial charge on any atom is 0.201 e. The molecule has 1 atom stereocenters. The molecule has 1 aromatic heterocycles. The van der Waals surface area contributed by atoms with E-state index in [1.165, 1.54) is 0 Å². The van der Waals surface area contributed by atoms with E-state index < -0.39 is 0 Å². The Morgan fingerprint density at radius 3 is 3.00 bits per heavy atom. The molecule has 1 unspecified atom stereocenters. The number of anilines is 1. The van der Waals surface area contributed by atoms with Crippen LogP contribution < -0.4 is 5.73 Å². The molecule has 18 heavy (non-hydrogen) atoms. The molecule has 2 N–H and O–H groups in total. The first-order valence-corrected chi connectivity index (χ1v) is 7.20. The van der Waals surface area contributed by atoms with E-state index in [1.807, 2.05) is 28.5 Å². The molecule has 0 saturated heterocycles. The molecule has 2 rings (SSSR count). The van der Waals surface area contributed by atoms with Gasteiger partial charge < -0.3 is 10.3 Å². The zero-order valence-corrected chi connectivity index (χ0v) is 11.4. The van der Waals surface area contributed by atoms with Gasteiger partial charge in [-0.3, -0.25) is 0 Å². The number of hydrogen-bond acceptors (Lipinski definition) is 4. The SMILES string of the molecule is CSCC(C)Cn1c(N)nc2ccc(C#N)cc21. The zero-order chi connectivity index (χ0) is 13.1. The largest absolute Gasteiger partial charge is 0.369 e. The van der Waals surface area contributed by atoms with Gasteiger partial charge in [0.25, 0.3) is 0 Å². The molecular formula is C13H16N4S. The number of fused-ring (bicyclic) bond motifs is 1. The first-order valence-electron chi connectivity index (χ1n) is 5.80. The minimum Gasteiger partial charge on any atom is -0.369 e. The topological polar surface area (TPSA) is 67.6 Å². The summed E-state index contributed by atoms with van der Waals surface area (Å²) in [5.41, 5.74) is 8.39. The lowest BCUT2D eigenvalue weighted by Gasteiger charge is -2.12. The van der Waals surface area contributed by atoms with E-state index in [0.717, 1.165) is 23.3 Å². The molecule has 0 radical (unpaired) electrons. The van der Waals surface area contributed by atoms with Crippen LogP contribution in [0.5, 0.6) is 0 Å². The highest BCUT2D eigenvalue weighted by Crippen LogP contribution is 2.21. The van der Waals surface area contributed by atoms with Crippen LogP contribution in [0.1, 0.15) is 12.5 Å². The lowest BCUT2D eigenvalue weighted by Crippen LogP contribution is -2.12. The Hall–Kier alpha value is -1.67. The molecular weight excluding hydrogens is 244 g/mol. The van der Waals surface area contributed by atoms with E-state index in [9.17, 15) is 0 Å². The summed E-state index contributed by atoms with van der Waals surface area (Å²) in [5, 5.41) is 8.95. The Bertz CT molecular complexity index is 597. The molecule has 0 fully saturated rings. The first-order chi connectivity index (χ1) is 8.65. The number of imidazole rings is 1. The minimum absolute atomic E-state index is 0.519. The van der Waals surface area contributed by atoms with E-state index in [0.29, 0.717) is 17.4 Å². The van der Waals surface area contributed by atoms with Gasteiger partial charge in [0, 0.05) is 6.54 Å². The summed E-state index contributed by atoms with van der Waals surface area (Å²) in [4.78, 5) is 4.33. The second kappa shape index (κ2) is 5.32. The van der Waals surface area contributed by atoms with Gasteiger partial charge in [-0.1, -0.05) is 6.92 Å². The summed E-state index contributed by atoms with van der Waals surface area (Å²) in [6.45, 7) is 3.02. The van der Waals surface area contributed by atoms with Crippen molar-refractivity contribution in [2.75, 3.05) is 17.7 Å². The predicted molar refractivity (Wildman–Crippen MR) is 76.4 cm³/mol. The number of nitrogens with zero attached hydrogens (tertiary/aromatic N) is 3. The molecule has 0 saturated carbocycles. The first kappa shape index (κ1) is 12.8. The summed E-state index contributed by atoms with van der Waals surface area (Å²) in [5.74, 6) is 2.12. The molecule has 0 aliphatic rings. The number of rotatable bonds is 4. The standard InChI is InChI=1S/C13H16N4S/c1-9(8-18-2)7-17-12-5-10(6-14)3-4-11(12)16-13(17)15/h3-5,9H,7-8H2,1-2H3,(H2,15,16). The Kier molecular flexibility index (Phi) is 3.78.